The molecular weight excluding hydrogens is 452 g/mol. The summed E-state index contributed by atoms with van der Waals surface area (Å²) in [5.74, 6) is -1.16. The fraction of sp³-hybridized carbons (Fsp3) is 0.304. The summed E-state index contributed by atoms with van der Waals surface area (Å²) in [6.45, 7) is 7.93. The van der Waals surface area contributed by atoms with Gasteiger partial charge in [-0.15, -0.1) is 0 Å². The van der Waals surface area contributed by atoms with Gasteiger partial charge in [0.15, 0.2) is 5.65 Å². The molecule has 7 nitrogen and oxygen atoms in total. The molecule has 178 valence electrons. The number of carbonyl (C=O) groups is 1. The highest BCUT2D eigenvalue weighted by molar-refractivity contribution is 6.04. The van der Waals surface area contributed by atoms with Crippen LogP contribution in [0.15, 0.2) is 43.1 Å². The van der Waals surface area contributed by atoms with Crippen molar-refractivity contribution in [2.24, 2.45) is 5.41 Å². The number of amides is 1. The first-order valence-corrected chi connectivity index (χ1v) is 10.4. The SMILES string of the molecule is C[C@H](NC(=O)c1c[nH]c2ncc(-c3cn(-c4cc(C(F)(F)F)ccc4F)cn3)nc12)C(C)(C)C. The van der Waals surface area contributed by atoms with Gasteiger partial charge in [-0.1, -0.05) is 20.8 Å². The topological polar surface area (TPSA) is 88.5 Å². The molecule has 1 atom stereocenters. The Hall–Kier alpha value is -3.76. The number of halogens is 4. The molecule has 3 heterocycles. The Balaban J connectivity index is 1.68. The first kappa shape index (κ1) is 23.4. The van der Waals surface area contributed by atoms with Crippen molar-refractivity contribution in [1.82, 2.24) is 29.8 Å². The number of nitrogens with one attached hydrogen (secondary N) is 2. The molecule has 0 unspecified atom stereocenters. The van der Waals surface area contributed by atoms with Crippen molar-refractivity contribution in [3.05, 3.63) is 60.1 Å². The number of rotatable bonds is 4. The van der Waals surface area contributed by atoms with Crippen LogP contribution >= 0.6 is 0 Å². The summed E-state index contributed by atoms with van der Waals surface area (Å²) in [6.07, 6.45) is 0.847. The molecule has 0 saturated carbocycles. The number of carbonyl (C=O) groups excluding carboxylic acids is 1. The van der Waals surface area contributed by atoms with E-state index in [1.165, 1.54) is 24.9 Å². The summed E-state index contributed by atoms with van der Waals surface area (Å²) >= 11 is 0. The van der Waals surface area contributed by atoms with Gasteiger partial charge >= 0.3 is 6.18 Å². The van der Waals surface area contributed by atoms with Gasteiger partial charge in [0, 0.05) is 18.4 Å². The number of hydrogen-bond acceptors (Lipinski definition) is 4. The van der Waals surface area contributed by atoms with Crippen molar-refractivity contribution in [3.63, 3.8) is 0 Å². The zero-order chi connectivity index (χ0) is 24.8. The molecule has 34 heavy (non-hydrogen) atoms. The van der Waals surface area contributed by atoms with E-state index in [1.54, 1.807) is 0 Å². The van der Waals surface area contributed by atoms with Gasteiger partial charge in [-0.2, -0.15) is 13.2 Å². The highest BCUT2D eigenvalue weighted by atomic mass is 19.4. The van der Waals surface area contributed by atoms with E-state index in [-0.39, 0.29) is 34.4 Å². The molecule has 0 aliphatic heterocycles. The van der Waals surface area contributed by atoms with E-state index in [1.807, 2.05) is 27.7 Å². The number of alkyl halides is 3. The Morgan fingerprint density at radius 3 is 2.56 bits per heavy atom. The number of imidazole rings is 1. The Kier molecular flexibility index (Phi) is 5.66. The Bertz CT molecular complexity index is 1370. The first-order valence-electron chi connectivity index (χ1n) is 10.4. The summed E-state index contributed by atoms with van der Waals surface area (Å²) in [5.41, 5.74) is 0.0936. The molecule has 0 bridgehead atoms. The molecule has 4 aromatic rings. The maximum atomic E-state index is 14.3. The molecule has 3 aromatic heterocycles. The molecular formula is C23H22F4N6O. The Labute approximate surface area is 192 Å². The fourth-order valence-corrected chi connectivity index (χ4v) is 3.15. The zero-order valence-corrected chi connectivity index (χ0v) is 18.8. The molecule has 0 fully saturated rings. The number of aromatic amines is 1. The number of nitrogens with zero attached hydrogens (tertiary/aromatic N) is 4. The summed E-state index contributed by atoms with van der Waals surface area (Å²) in [6, 6.07) is 2.03. The van der Waals surface area contributed by atoms with Gasteiger partial charge < -0.3 is 14.9 Å². The minimum absolute atomic E-state index is 0.112. The van der Waals surface area contributed by atoms with Crippen molar-refractivity contribution in [3.8, 4) is 17.1 Å². The molecule has 1 aromatic carbocycles. The average Bonchev–Trinajstić information content (AvgIpc) is 3.39. The molecule has 11 heteroatoms. The lowest BCUT2D eigenvalue weighted by atomic mass is 9.88. The minimum atomic E-state index is -4.61. The lowest BCUT2D eigenvalue weighted by Crippen LogP contribution is -2.41. The summed E-state index contributed by atoms with van der Waals surface area (Å²) in [5, 5.41) is 2.94. The second-order valence-electron chi connectivity index (χ2n) is 9.05. The molecule has 0 spiro atoms. The second kappa shape index (κ2) is 8.23. The number of benzene rings is 1. The van der Waals surface area contributed by atoms with Crippen molar-refractivity contribution in [1.29, 1.82) is 0 Å². The predicted octanol–water partition coefficient (Wildman–Crippen LogP) is 5.13. The summed E-state index contributed by atoms with van der Waals surface area (Å²) < 4.78 is 54.5. The lowest BCUT2D eigenvalue weighted by Gasteiger charge is -2.27. The van der Waals surface area contributed by atoms with Crippen LogP contribution in [0.4, 0.5) is 17.6 Å². The standard InChI is InChI=1S/C23H22F4N6O/c1-12(22(2,3)4)31-21(34)14-8-28-20-19(14)32-16(9-29-20)17-10-33(11-30-17)18-7-13(23(25,26)27)5-6-15(18)24/h5-12H,1-4H3,(H,28,29)(H,31,34)/t12-/m0/s1. The number of aromatic nitrogens is 5. The maximum absolute atomic E-state index is 14.3. The third-order valence-electron chi connectivity index (χ3n) is 5.67. The number of fused-ring (bicyclic) bond motifs is 1. The van der Waals surface area contributed by atoms with Crippen LogP contribution in [0, 0.1) is 11.2 Å². The predicted molar refractivity (Wildman–Crippen MR) is 118 cm³/mol. The molecule has 4 rings (SSSR count). The van der Waals surface area contributed by atoms with Crippen LogP contribution in [-0.2, 0) is 6.18 Å². The molecule has 2 N–H and O–H groups in total. The summed E-state index contributed by atoms with van der Waals surface area (Å²) in [4.78, 5) is 28.6. The Morgan fingerprint density at radius 2 is 1.88 bits per heavy atom. The summed E-state index contributed by atoms with van der Waals surface area (Å²) in [7, 11) is 0. The number of hydrogen-bond donors (Lipinski definition) is 2. The lowest BCUT2D eigenvalue weighted by molar-refractivity contribution is -0.137. The van der Waals surface area contributed by atoms with Gasteiger partial charge in [-0.25, -0.2) is 19.3 Å². The van der Waals surface area contributed by atoms with Crippen LogP contribution in [0.25, 0.3) is 28.2 Å². The third kappa shape index (κ3) is 4.50. The van der Waals surface area contributed by atoms with Crippen molar-refractivity contribution < 1.29 is 22.4 Å². The van der Waals surface area contributed by atoms with E-state index in [9.17, 15) is 22.4 Å². The van der Waals surface area contributed by atoms with Gasteiger partial charge in [-0.3, -0.25) is 4.79 Å². The van der Waals surface area contributed by atoms with E-state index in [2.05, 4.69) is 25.3 Å². The first-order chi connectivity index (χ1) is 15.8. The largest absolute Gasteiger partial charge is 0.416 e. The van der Waals surface area contributed by atoms with Crippen LogP contribution in [0.2, 0.25) is 0 Å². The maximum Gasteiger partial charge on any atom is 0.416 e. The number of H-pyrrole nitrogens is 1. The zero-order valence-electron chi connectivity index (χ0n) is 18.8. The van der Waals surface area contributed by atoms with Gasteiger partial charge in [0.2, 0.25) is 0 Å². The van der Waals surface area contributed by atoms with Crippen LogP contribution in [0.1, 0.15) is 43.6 Å². The molecule has 0 aliphatic rings. The fourth-order valence-electron chi connectivity index (χ4n) is 3.15. The van der Waals surface area contributed by atoms with Crippen molar-refractivity contribution in [2.75, 3.05) is 0 Å². The second-order valence-corrected chi connectivity index (χ2v) is 9.05. The van der Waals surface area contributed by atoms with Crippen molar-refractivity contribution >= 4 is 17.1 Å². The quantitative estimate of drug-likeness (QED) is 0.401. The van der Waals surface area contributed by atoms with Crippen LogP contribution in [-0.4, -0.2) is 36.5 Å². The average molecular weight is 474 g/mol. The molecule has 0 aliphatic carbocycles. The van der Waals surface area contributed by atoms with Gasteiger partial charge in [-0.05, 0) is 30.5 Å². The van der Waals surface area contributed by atoms with E-state index < -0.39 is 17.6 Å². The van der Waals surface area contributed by atoms with E-state index in [0.717, 1.165) is 10.6 Å². The van der Waals surface area contributed by atoms with Gasteiger partial charge in [0.05, 0.1) is 23.0 Å². The van der Waals surface area contributed by atoms with Gasteiger partial charge in [0.1, 0.15) is 29.0 Å². The van der Waals surface area contributed by atoms with E-state index in [0.29, 0.717) is 28.9 Å². The smallest absolute Gasteiger partial charge is 0.349 e. The molecule has 0 saturated heterocycles. The van der Waals surface area contributed by atoms with Crippen molar-refractivity contribution in [2.45, 2.75) is 39.9 Å². The van der Waals surface area contributed by atoms with Gasteiger partial charge in [0.25, 0.3) is 5.91 Å². The van der Waals surface area contributed by atoms with Crippen LogP contribution in [0.5, 0.6) is 0 Å². The molecule has 0 radical (unpaired) electrons. The normalized spacial score (nSPS) is 13.3. The van der Waals surface area contributed by atoms with Crippen LogP contribution in [0.3, 0.4) is 0 Å². The van der Waals surface area contributed by atoms with Crippen LogP contribution < -0.4 is 5.32 Å². The molecule has 1 amide bonds. The minimum Gasteiger partial charge on any atom is -0.349 e. The van der Waals surface area contributed by atoms with E-state index in [4.69, 9.17) is 0 Å². The van der Waals surface area contributed by atoms with E-state index >= 15 is 0 Å². The highest BCUT2D eigenvalue weighted by Gasteiger charge is 2.31. The monoisotopic (exact) mass is 474 g/mol. The highest BCUT2D eigenvalue weighted by Crippen LogP contribution is 2.32. The third-order valence-corrected chi connectivity index (χ3v) is 5.67. The Morgan fingerprint density at radius 1 is 1.15 bits per heavy atom.